The number of hydrogen-bond acceptors (Lipinski definition) is 4. The van der Waals surface area contributed by atoms with Gasteiger partial charge in [-0.1, -0.05) is 6.07 Å². The van der Waals surface area contributed by atoms with E-state index in [2.05, 4.69) is 5.32 Å². The van der Waals surface area contributed by atoms with Gasteiger partial charge in [0, 0.05) is 6.04 Å². The normalized spacial score (nSPS) is 16.9. The highest BCUT2D eigenvalue weighted by Crippen LogP contribution is 2.33. The fraction of sp³-hybridized carbons (Fsp3) is 0.286. The van der Waals surface area contributed by atoms with Crippen molar-refractivity contribution in [2.75, 3.05) is 6.79 Å². The average Bonchev–Trinajstić information content (AvgIpc) is 3.10. The molecular formula is C14H12N2O3. The first-order chi connectivity index (χ1) is 9.26. The number of nitrogens with one attached hydrogen (secondary N) is 1. The Bertz CT molecular complexity index is 597. The molecule has 19 heavy (non-hydrogen) atoms. The molecule has 0 bridgehead atoms. The van der Waals surface area contributed by atoms with Crippen molar-refractivity contribution in [3.8, 4) is 17.6 Å². The summed E-state index contributed by atoms with van der Waals surface area (Å²) in [5.74, 6) is 0.995. The second-order valence-corrected chi connectivity index (χ2v) is 4.53. The van der Waals surface area contributed by atoms with E-state index in [1.54, 1.807) is 24.3 Å². The number of carbonyl (C=O) groups is 1. The molecule has 0 spiro atoms. The van der Waals surface area contributed by atoms with Gasteiger partial charge < -0.3 is 14.8 Å². The Balaban J connectivity index is 1.81. The summed E-state index contributed by atoms with van der Waals surface area (Å²) in [6.07, 6.45) is 3.54. The number of nitriles is 1. The van der Waals surface area contributed by atoms with Crippen LogP contribution in [-0.4, -0.2) is 18.7 Å². The third kappa shape index (κ3) is 2.52. The minimum absolute atomic E-state index is 0.103. The van der Waals surface area contributed by atoms with Gasteiger partial charge in [-0.15, -0.1) is 0 Å². The molecule has 1 amide bonds. The number of nitrogens with zero attached hydrogens (tertiary/aromatic N) is 1. The van der Waals surface area contributed by atoms with Gasteiger partial charge in [0.15, 0.2) is 11.5 Å². The summed E-state index contributed by atoms with van der Waals surface area (Å²) < 4.78 is 10.5. The highest BCUT2D eigenvalue weighted by molar-refractivity contribution is 6.02. The lowest BCUT2D eigenvalue weighted by Crippen LogP contribution is -2.26. The van der Waals surface area contributed by atoms with Crippen LogP contribution in [0.4, 0.5) is 0 Å². The smallest absolute Gasteiger partial charge is 0.262 e. The molecule has 96 valence electrons. The summed E-state index contributed by atoms with van der Waals surface area (Å²) >= 11 is 0. The maximum absolute atomic E-state index is 11.8. The number of amides is 1. The quantitative estimate of drug-likeness (QED) is 0.658. The molecule has 2 aliphatic rings. The Morgan fingerprint density at radius 1 is 1.37 bits per heavy atom. The average molecular weight is 256 g/mol. The van der Waals surface area contributed by atoms with E-state index < -0.39 is 0 Å². The van der Waals surface area contributed by atoms with Gasteiger partial charge in [0.05, 0.1) is 0 Å². The van der Waals surface area contributed by atoms with Gasteiger partial charge in [0.25, 0.3) is 5.91 Å². The molecular weight excluding hydrogens is 244 g/mol. The van der Waals surface area contributed by atoms with E-state index in [0.717, 1.165) is 18.4 Å². The second-order valence-electron chi connectivity index (χ2n) is 4.53. The van der Waals surface area contributed by atoms with Gasteiger partial charge in [-0.2, -0.15) is 5.26 Å². The summed E-state index contributed by atoms with van der Waals surface area (Å²) in [6, 6.07) is 7.47. The highest BCUT2D eigenvalue weighted by Gasteiger charge is 2.24. The van der Waals surface area contributed by atoms with Crippen molar-refractivity contribution in [3.63, 3.8) is 0 Å². The lowest BCUT2D eigenvalue weighted by molar-refractivity contribution is -0.117. The molecule has 1 fully saturated rings. The van der Waals surface area contributed by atoms with Crippen molar-refractivity contribution in [2.24, 2.45) is 0 Å². The van der Waals surface area contributed by atoms with E-state index in [1.807, 2.05) is 6.07 Å². The van der Waals surface area contributed by atoms with Crippen molar-refractivity contribution in [2.45, 2.75) is 18.9 Å². The minimum atomic E-state index is -0.317. The monoisotopic (exact) mass is 256 g/mol. The van der Waals surface area contributed by atoms with E-state index >= 15 is 0 Å². The molecule has 1 aliphatic heterocycles. The molecule has 1 aliphatic carbocycles. The van der Waals surface area contributed by atoms with Crippen molar-refractivity contribution < 1.29 is 14.3 Å². The fourth-order valence-electron chi connectivity index (χ4n) is 1.81. The summed E-state index contributed by atoms with van der Waals surface area (Å²) in [5.41, 5.74) is 0.845. The molecule has 5 heteroatoms. The molecule has 1 aromatic rings. The molecule has 1 N–H and O–H groups in total. The Labute approximate surface area is 110 Å². The molecule has 1 saturated carbocycles. The van der Waals surface area contributed by atoms with Crippen LogP contribution in [-0.2, 0) is 4.79 Å². The van der Waals surface area contributed by atoms with Crippen molar-refractivity contribution in [3.05, 3.63) is 29.3 Å². The number of benzene rings is 1. The summed E-state index contributed by atoms with van der Waals surface area (Å²) in [4.78, 5) is 11.8. The topological polar surface area (TPSA) is 71.3 Å². The second kappa shape index (κ2) is 4.65. The zero-order valence-corrected chi connectivity index (χ0v) is 10.2. The van der Waals surface area contributed by atoms with Crippen LogP contribution < -0.4 is 14.8 Å². The van der Waals surface area contributed by atoms with Crippen molar-refractivity contribution in [1.29, 1.82) is 5.26 Å². The number of hydrogen-bond donors (Lipinski definition) is 1. The lowest BCUT2D eigenvalue weighted by atomic mass is 10.1. The summed E-state index contributed by atoms with van der Waals surface area (Å²) in [7, 11) is 0. The van der Waals surface area contributed by atoms with Gasteiger partial charge in [-0.3, -0.25) is 4.79 Å². The van der Waals surface area contributed by atoms with E-state index in [0.29, 0.717) is 11.5 Å². The third-order valence-corrected chi connectivity index (χ3v) is 2.99. The third-order valence-electron chi connectivity index (χ3n) is 2.99. The van der Waals surface area contributed by atoms with Crippen molar-refractivity contribution in [1.82, 2.24) is 5.32 Å². The van der Waals surface area contributed by atoms with Gasteiger partial charge in [-0.05, 0) is 36.6 Å². The minimum Gasteiger partial charge on any atom is -0.454 e. The van der Waals surface area contributed by atoms with E-state index in [1.165, 1.54) is 0 Å². The molecule has 0 unspecified atom stereocenters. The Morgan fingerprint density at radius 2 is 2.16 bits per heavy atom. The Morgan fingerprint density at radius 3 is 2.89 bits per heavy atom. The van der Waals surface area contributed by atoms with Crippen LogP contribution in [0.1, 0.15) is 18.4 Å². The zero-order chi connectivity index (χ0) is 13.2. The first-order valence-electron chi connectivity index (χ1n) is 6.08. The first-order valence-corrected chi connectivity index (χ1v) is 6.08. The predicted molar refractivity (Wildman–Crippen MR) is 67.3 cm³/mol. The van der Waals surface area contributed by atoms with Crippen LogP contribution in [0.25, 0.3) is 6.08 Å². The van der Waals surface area contributed by atoms with Gasteiger partial charge in [-0.25, -0.2) is 0 Å². The van der Waals surface area contributed by atoms with E-state index in [9.17, 15) is 4.79 Å². The lowest BCUT2D eigenvalue weighted by Gasteiger charge is -2.02. The van der Waals surface area contributed by atoms with Crippen LogP contribution in [0.15, 0.2) is 23.8 Å². The molecule has 5 nitrogen and oxygen atoms in total. The van der Waals surface area contributed by atoms with Crippen LogP contribution in [0.2, 0.25) is 0 Å². The summed E-state index contributed by atoms with van der Waals surface area (Å²) in [6.45, 7) is 0.204. The number of carbonyl (C=O) groups excluding carboxylic acids is 1. The van der Waals surface area contributed by atoms with E-state index in [-0.39, 0.29) is 24.3 Å². The molecule has 0 saturated heterocycles. The standard InChI is InChI=1S/C14H12N2O3/c15-7-10(14(17)16-11-2-3-11)5-9-1-4-12-13(6-9)19-8-18-12/h1,4-6,11H,2-3,8H2,(H,16,17). The molecule has 0 radical (unpaired) electrons. The Hall–Kier alpha value is -2.48. The molecule has 0 atom stereocenters. The highest BCUT2D eigenvalue weighted by atomic mass is 16.7. The maximum atomic E-state index is 11.8. The van der Waals surface area contributed by atoms with Crippen LogP contribution >= 0.6 is 0 Å². The van der Waals surface area contributed by atoms with Gasteiger partial charge in [0.1, 0.15) is 11.6 Å². The first kappa shape index (κ1) is 11.6. The zero-order valence-electron chi connectivity index (χ0n) is 10.2. The molecule has 0 aromatic heterocycles. The maximum Gasteiger partial charge on any atom is 0.262 e. The van der Waals surface area contributed by atoms with Crippen LogP contribution in [0.3, 0.4) is 0 Å². The predicted octanol–water partition coefficient (Wildman–Crippen LogP) is 1.60. The fourth-order valence-corrected chi connectivity index (χ4v) is 1.81. The van der Waals surface area contributed by atoms with Crippen LogP contribution in [0.5, 0.6) is 11.5 Å². The largest absolute Gasteiger partial charge is 0.454 e. The van der Waals surface area contributed by atoms with E-state index in [4.69, 9.17) is 14.7 Å². The SMILES string of the molecule is N#CC(=Cc1ccc2c(c1)OCO2)C(=O)NC1CC1. The Kier molecular flexibility index (Phi) is 2.84. The van der Waals surface area contributed by atoms with Gasteiger partial charge in [0.2, 0.25) is 6.79 Å². The van der Waals surface area contributed by atoms with Gasteiger partial charge >= 0.3 is 0 Å². The molecule has 3 rings (SSSR count). The van der Waals surface area contributed by atoms with Crippen LogP contribution in [0, 0.1) is 11.3 Å². The number of fused-ring (bicyclic) bond motifs is 1. The van der Waals surface area contributed by atoms with Crippen molar-refractivity contribution >= 4 is 12.0 Å². The summed E-state index contributed by atoms with van der Waals surface area (Å²) in [5, 5.41) is 11.8. The number of rotatable bonds is 3. The molecule has 1 aromatic carbocycles. The number of ether oxygens (including phenoxy) is 2. The molecule has 1 heterocycles.